The van der Waals surface area contributed by atoms with E-state index in [0.717, 1.165) is 40.9 Å². The Kier molecular flexibility index (Phi) is 3.11. The SMILES string of the molecule is O=C(OCc1nc2ccccc2s1)C12C[C@H]3C[C@@H](CC(O)(C3)C1)C2. The van der Waals surface area contributed by atoms with Gasteiger partial charge in [-0.1, -0.05) is 12.1 Å². The summed E-state index contributed by atoms with van der Waals surface area (Å²) < 4.78 is 6.80. The molecule has 2 aromatic rings. The minimum absolute atomic E-state index is 0.116. The molecule has 1 heterocycles. The van der Waals surface area contributed by atoms with E-state index in [1.807, 2.05) is 24.3 Å². The lowest BCUT2D eigenvalue weighted by molar-refractivity contribution is -0.197. The van der Waals surface area contributed by atoms with E-state index in [9.17, 15) is 9.90 Å². The summed E-state index contributed by atoms with van der Waals surface area (Å²) in [6.45, 7) is 0.244. The maximum Gasteiger partial charge on any atom is 0.312 e. The van der Waals surface area contributed by atoms with Crippen molar-refractivity contribution in [1.29, 1.82) is 0 Å². The van der Waals surface area contributed by atoms with Crippen molar-refractivity contribution < 1.29 is 14.6 Å². The second kappa shape index (κ2) is 5.02. The van der Waals surface area contributed by atoms with Crippen LogP contribution in [-0.4, -0.2) is 21.7 Å². The molecule has 126 valence electrons. The summed E-state index contributed by atoms with van der Waals surface area (Å²) >= 11 is 1.58. The molecule has 6 rings (SSSR count). The van der Waals surface area contributed by atoms with Gasteiger partial charge in [0.05, 0.1) is 21.2 Å². The first-order valence-electron chi connectivity index (χ1n) is 8.78. The van der Waals surface area contributed by atoms with Crippen LogP contribution in [0.15, 0.2) is 24.3 Å². The third-order valence-electron chi connectivity index (χ3n) is 6.13. The minimum Gasteiger partial charge on any atom is -0.458 e. The number of nitrogens with zero attached hydrogens (tertiary/aromatic N) is 1. The molecule has 0 spiro atoms. The number of rotatable bonds is 3. The molecule has 4 saturated carbocycles. The monoisotopic (exact) mass is 343 g/mol. The zero-order valence-corrected chi connectivity index (χ0v) is 14.3. The van der Waals surface area contributed by atoms with E-state index in [0.29, 0.717) is 18.3 Å². The van der Waals surface area contributed by atoms with Crippen LogP contribution in [0.2, 0.25) is 0 Å². The number of fused-ring (bicyclic) bond motifs is 1. The van der Waals surface area contributed by atoms with Gasteiger partial charge in [-0.15, -0.1) is 11.3 Å². The minimum atomic E-state index is -0.626. The number of ether oxygens (including phenoxy) is 1. The van der Waals surface area contributed by atoms with Crippen molar-refractivity contribution in [2.24, 2.45) is 17.3 Å². The van der Waals surface area contributed by atoms with Gasteiger partial charge in [0.15, 0.2) is 0 Å². The summed E-state index contributed by atoms with van der Waals surface area (Å²) in [6.07, 6.45) is 5.29. The Morgan fingerprint density at radius 3 is 2.71 bits per heavy atom. The lowest BCUT2D eigenvalue weighted by Crippen LogP contribution is -2.58. The topological polar surface area (TPSA) is 59.4 Å². The van der Waals surface area contributed by atoms with Crippen molar-refractivity contribution in [2.45, 2.75) is 50.7 Å². The molecule has 0 radical (unpaired) electrons. The molecule has 0 aliphatic heterocycles. The second-order valence-electron chi connectivity index (χ2n) is 8.12. The Hall–Kier alpha value is -1.46. The van der Waals surface area contributed by atoms with Gasteiger partial charge in [0, 0.05) is 0 Å². The Morgan fingerprint density at radius 1 is 1.25 bits per heavy atom. The summed E-state index contributed by atoms with van der Waals surface area (Å²) in [6, 6.07) is 7.97. The van der Waals surface area contributed by atoms with Crippen LogP contribution in [0.3, 0.4) is 0 Å². The molecular formula is C19H21NO3S. The third kappa shape index (κ3) is 2.29. The first-order chi connectivity index (χ1) is 11.5. The normalized spacial score (nSPS) is 37.0. The van der Waals surface area contributed by atoms with Crippen LogP contribution >= 0.6 is 11.3 Å². The highest BCUT2D eigenvalue weighted by Gasteiger charge is 2.60. The number of carbonyl (C=O) groups excluding carboxylic acids is 1. The molecule has 4 aliphatic rings. The van der Waals surface area contributed by atoms with Gasteiger partial charge in [0.1, 0.15) is 11.6 Å². The van der Waals surface area contributed by atoms with Crippen LogP contribution in [0.25, 0.3) is 10.2 Å². The van der Waals surface area contributed by atoms with Crippen LogP contribution in [0.4, 0.5) is 0 Å². The first kappa shape index (κ1) is 14.8. The molecule has 0 saturated heterocycles. The number of hydrogen-bond donors (Lipinski definition) is 1. The standard InChI is InChI=1S/C19H21NO3S/c21-17(23-10-16-20-14-3-1-2-4-15(14)24-16)18-6-12-5-13(7-18)9-19(22,8-12)11-18/h1-4,12-13,22H,5-11H2/t12-,13-,18?,19?/m1/s1. The molecular weight excluding hydrogens is 322 g/mol. The molecule has 24 heavy (non-hydrogen) atoms. The number of hydrogen-bond acceptors (Lipinski definition) is 5. The number of benzene rings is 1. The molecule has 5 heteroatoms. The van der Waals surface area contributed by atoms with E-state index in [-0.39, 0.29) is 12.6 Å². The van der Waals surface area contributed by atoms with Gasteiger partial charge in [0.25, 0.3) is 0 Å². The number of carbonyl (C=O) groups is 1. The fraction of sp³-hybridized carbons (Fsp3) is 0.579. The first-order valence-corrected chi connectivity index (χ1v) is 9.59. The number of para-hydroxylation sites is 1. The van der Waals surface area contributed by atoms with Gasteiger partial charge in [-0.05, 0) is 62.5 Å². The van der Waals surface area contributed by atoms with Gasteiger partial charge in [-0.2, -0.15) is 0 Å². The maximum atomic E-state index is 12.9. The Labute approximate surface area is 144 Å². The Bertz CT molecular complexity index is 767. The maximum absolute atomic E-state index is 12.9. The highest BCUT2D eigenvalue weighted by Crippen LogP contribution is 2.62. The summed E-state index contributed by atoms with van der Waals surface area (Å²) in [5.41, 5.74) is -0.119. The van der Waals surface area contributed by atoms with E-state index in [4.69, 9.17) is 4.74 Å². The Morgan fingerprint density at radius 2 is 2.00 bits per heavy atom. The van der Waals surface area contributed by atoms with Crippen molar-refractivity contribution in [2.75, 3.05) is 0 Å². The van der Waals surface area contributed by atoms with E-state index < -0.39 is 11.0 Å². The largest absolute Gasteiger partial charge is 0.458 e. The lowest BCUT2D eigenvalue weighted by Gasteiger charge is -2.58. The zero-order valence-electron chi connectivity index (χ0n) is 13.5. The van der Waals surface area contributed by atoms with Gasteiger partial charge < -0.3 is 9.84 Å². The average Bonchev–Trinajstić information content (AvgIpc) is 2.93. The van der Waals surface area contributed by atoms with Crippen LogP contribution in [0.5, 0.6) is 0 Å². The third-order valence-corrected chi connectivity index (χ3v) is 7.14. The number of thiazole rings is 1. The molecule has 0 unspecified atom stereocenters. The van der Waals surface area contributed by atoms with Crippen molar-refractivity contribution in [3.05, 3.63) is 29.3 Å². The molecule has 0 amide bonds. The number of esters is 1. The van der Waals surface area contributed by atoms with Crippen molar-refractivity contribution in [3.8, 4) is 0 Å². The summed E-state index contributed by atoms with van der Waals surface area (Å²) in [4.78, 5) is 17.4. The lowest BCUT2D eigenvalue weighted by atomic mass is 9.48. The zero-order chi connectivity index (χ0) is 16.4. The molecule has 1 aromatic heterocycles. The van der Waals surface area contributed by atoms with E-state index in [1.165, 1.54) is 6.42 Å². The van der Waals surface area contributed by atoms with Crippen molar-refractivity contribution in [1.82, 2.24) is 4.98 Å². The highest BCUT2D eigenvalue weighted by molar-refractivity contribution is 7.18. The van der Waals surface area contributed by atoms with Gasteiger partial charge in [-0.25, -0.2) is 4.98 Å². The van der Waals surface area contributed by atoms with E-state index in [2.05, 4.69) is 4.98 Å². The predicted molar refractivity (Wildman–Crippen MR) is 91.5 cm³/mol. The van der Waals surface area contributed by atoms with E-state index >= 15 is 0 Å². The molecule has 4 nitrogen and oxygen atoms in total. The fourth-order valence-corrected chi connectivity index (χ4v) is 6.60. The van der Waals surface area contributed by atoms with Crippen LogP contribution in [-0.2, 0) is 16.1 Å². The molecule has 4 bridgehead atoms. The van der Waals surface area contributed by atoms with Crippen molar-refractivity contribution in [3.63, 3.8) is 0 Å². The number of aliphatic hydroxyl groups is 1. The van der Waals surface area contributed by atoms with Crippen molar-refractivity contribution >= 4 is 27.5 Å². The van der Waals surface area contributed by atoms with Gasteiger partial charge >= 0.3 is 5.97 Å². The summed E-state index contributed by atoms with van der Waals surface area (Å²) in [7, 11) is 0. The highest BCUT2D eigenvalue weighted by atomic mass is 32.1. The fourth-order valence-electron chi connectivity index (χ4n) is 5.72. The summed E-state index contributed by atoms with van der Waals surface area (Å²) in [5.74, 6) is 0.867. The van der Waals surface area contributed by atoms with Crippen LogP contribution < -0.4 is 0 Å². The number of aromatic nitrogens is 1. The second-order valence-corrected chi connectivity index (χ2v) is 9.23. The average molecular weight is 343 g/mol. The molecule has 1 aromatic carbocycles. The molecule has 2 atom stereocenters. The molecule has 4 fully saturated rings. The predicted octanol–water partition coefficient (Wildman–Crippen LogP) is 3.67. The van der Waals surface area contributed by atoms with Crippen LogP contribution in [0.1, 0.15) is 43.5 Å². The van der Waals surface area contributed by atoms with Crippen LogP contribution in [0, 0.1) is 17.3 Å². The summed E-state index contributed by atoms with van der Waals surface area (Å²) in [5, 5.41) is 11.6. The van der Waals surface area contributed by atoms with Gasteiger partial charge in [0.2, 0.25) is 0 Å². The molecule has 4 aliphatic carbocycles. The quantitative estimate of drug-likeness (QED) is 0.864. The Balaban J connectivity index is 1.33. The smallest absolute Gasteiger partial charge is 0.312 e. The van der Waals surface area contributed by atoms with Gasteiger partial charge in [-0.3, -0.25) is 4.79 Å². The van der Waals surface area contributed by atoms with E-state index in [1.54, 1.807) is 11.3 Å². The molecule has 1 N–H and O–H groups in total.